The van der Waals surface area contributed by atoms with Crippen LogP contribution in [0.5, 0.6) is 0 Å². The van der Waals surface area contributed by atoms with Crippen LogP contribution in [-0.4, -0.2) is 103 Å². The van der Waals surface area contributed by atoms with E-state index in [4.69, 9.17) is 25.4 Å². The van der Waals surface area contributed by atoms with Crippen LogP contribution in [0.4, 0.5) is 17.7 Å². The van der Waals surface area contributed by atoms with Crippen molar-refractivity contribution in [3.63, 3.8) is 0 Å². The number of fused-ring (bicyclic) bond motifs is 1. The number of ether oxygens (including phenoxy) is 1. The Labute approximate surface area is 220 Å². The van der Waals surface area contributed by atoms with Gasteiger partial charge in [-0.3, -0.25) is 9.36 Å². The molecule has 13 heteroatoms. The standard InChI is InChI=1S/C25H34N10O3/c1-15-13-33(5-6-34(15)23(37)16(2)36)25-29-19-21(32-7-9-38-10-8-32)30-20(18-11-27-24(26)28-12-18)31-22(19)35(25)14-17-3-4-17/h11-12,15-17,36H,3-10,13-14H2,1-2H3,(H2,26,27,28)/t15-,16+/m1/s1. The van der Waals surface area contributed by atoms with Crippen molar-refractivity contribution in [1.29, 1.82) is 0 Å². The fourth-order valence-corrected chi connectivity index (χ4v) is 5.23. The highest BCUT2D eigenvalue weighted by Gasteiger charge is 2.34. The van der Waals surface area contributed by atoms with Gasteiger partial charge in [0.2, 0.25) is 11.9 Å². The SMILES string of the molecule is C[C@H](O)C(=O)N1CCN(c2nc3c(N4CCOCC4)nc(-c4cnc(N)nc4)nc3n2CC2CC2)C[C@H]1C. The van der Waals surface area contributed by atoms with Gasteiger partial charge in [-0.25, -0.2) is 24.9 Å². The minimum absolute atomic E-state index is 0.0627. The van der Waals surface area contributed by atoms with Crippen LogP contribution in [0, 0.1) is 5.92 Å². The molecule has 0 aromatic carbocycles. The molecule has 0 radical (unpaired) electrons. The summed E-state index contributed by atoms with van der Waals surface area (Å²) in [5.74, 6) is 2.70. The maximum Gasteiger partial charge on any atom is 0.251 e. The number of rotatable bonds is 6. The van der Waals surface area contributed by atoms with E-state index in [1.54, 1.807) is 17.3 Å². The van der Waals surface area contributed by atoms with Crippen molar-refractivity contribution in [2.24, 2.45) is 5.92 Å². The van der Waals surface area contributed by atoms with Gasteiger partial charge in [-0.15, -0.1) is 0 Å². The van der Waals surface area contributed by atoms with Gasteiger partial charge in [0.05, 0.1) is 18.8 Å². The summed E-state index contributed by atoms with van der Waals surface area (Å²) in [4.78, 5) is 42.1. The Kier molecular flexibility index (Phi) is 6.48. The predicted octanol–water partition coefficient (Wildman–Crippen LogP) is 0.530. The Morgan fingerprint density at radius 3 is 2.50 bits per heavy atom. The lowest BCUT2D eigenvalue weighted by atomic mass is 10.1. The molecule has 3 fully saturated rings. The molecule has 2 atom stereocenters. The summed E-state index contributed by atoms with van der Waals surface area (Å²) >= 11 is 0. The summed E-state index contributed by atoms with van der Waals surface area (Å²) in [5, 5.41) is 9.84. The van der Waals surface area contributed by atoms with E-state index in [9.17, 15) is 9.90 Å². The van der Waals surface area contributed by atoms with Gasteiger partial charge in [0, 0.05) is 57.7 Å². The first-order valence-corrected chi connectivity index (χ1v) is 13.3. The first-order chi connectivity index (χ1) is 18.4. The van der Waals surface area contributed by atoms with Gasteiger partial charge in [-0.05, 0) is 32.6 Å². The number of nitrogens with two attached hydrogens (primary N) is 1. The smallest absolute Gasteiger partial charge is 0.251 e. The van der Waals surface area contributed by atoms with E-state index in [1.165, 1.54) is 19.8 Å². The molecular formula is C25H34N10O3. The van der Waals surface area contributed by atoms with E-state index in [-0.39, 0.29) is 17.9 Å². The molecular weight excluding hydrogens is 488 g/mol. The predicted molar refractivity (Wildman–Crippen MR) is 142 cm³/mol. The molecule has 0 unspecified atom stereocenters. The summed E-state index contributed by atoms with van der Waals surface area (Å²) in [5.41, 5.74) is 7.96. The molecule has 5 heterocycles. The number of nitrogen functional groups attached to an aromatic ring is 1. The van der Waals surface area contributed by atoms with Crippen LogP contribution in [0.25, 0.3) is 22.6 Å². The number of amides is 1. The van der Waals surface area contributed by atoms with Gasteiger partial charge in [-0.1, -0.05) is 0 Å². The van der Waals surface area contributed by atoms with Gasteiger partial charge in [-0.2, -0.15) is 0 Å². The number of piperazine rings is 1. The molecule has 1 amide bonds. The van der Waals surface area contributed by atoms with Crippen LogP contribution in [0.15, 0.2) is 12.4 Å². The minimum atomic E-state index is -1.01. The van der Waals surface area contributed by atoms with E-state index < -0.39 is 6.10 Å². The Bertz CT molecular complexity index is 1320. The number of imidazole rings is 1. The maximum absolute atomic E-state index is 12.5. The molecule has 3 N–H and O–H groups in total. The normalized spacial score (nSPS) is 21.2. The number of nitrogens with zero attached hydrogens (tertiary/aromatic N) is 9. The van der Waals surface area contributed by atoms with Gasteiger partial charge in [0.15, 0.2) is 22.8 Å². The van der Waals surface area contributed by atoms with Crippen molar-refractivity contribution in [2.45, 2.75) is 45.4 Å². The molecule has 202 valence electrons. The van der Waals surface area contributed by atoms with Crippen LogP contribution in [-0.2, 0) is 16.1 Å². The van der Waals surface area contributed by atoms with Crippen LogP contribution in [0.1, 0.15) is 26.7 Å². The first kappa shape index (κ1) is 24.7. The molecule has 3 aliphatic rings. The summed E-state index contributed by atoms with van der Waals surface area (Å²) < 4.78 is 7.82. The van der Waals surface area contributed by atoms with Gasteiger partial charge in [0.1, 0.15) is 6.10 Å². The molecule has 3 aromatic rings. The number of aromatic nitrogens is 6. The zero-order valence-corrected chi connectivity index (χ0v) is 21.8. The monoisotopic (exact) mass is 522 g/mol. The molecule has 0 bridgehead atoms. The highest BCUT2D eigenvalue weighted by molar-refractivity contribution is 5.88. The summed E-state index contributed by atoms with van der Waals surface area (Å²) in [6, 6.07) is -0.0627. The van der Waals surface area contributed by atoms with Crippen molar-refractivity contribution in [2.75, 3.05) is 61.5 Å². The molecule has 6 rings (SSSR count). The van der Waals surface area contributed by atoms with Gasteiger partial charge in [0.25, 0.3) is 5.91 Å². The van der Waals surface area contributed by atoms with E-state index in [2.05, 4.69) is 24.3 Å². The lowest BCUT2D eigenvalue weighted by Gasteiger charge is -2.40. The Morgan fingerprint density at radius 1 is 1.11 bits per heavy atom. The number of aliphatic hydroxyl groups excluding tert-OH is 1. The number of aliphatic hydroxyl groups is 1. The number of hydrogen-bond acceptors (Lipinski definition) is 11. The molecule has 13 nitrogen and oxygen atoms in total. The number of carbonyl (C=O) groups is 1. The molecule has 1 saturated carbocycles. The third-order valence-electron chi connectivity index (χ3n) is 7.49. The number of anilines is 3. The van der Waals surface area contributed by atoms with Gasteiger partial charge < -0.3 is 30.3 Å². The molecule has 2 aliphatic heterocycles. The fourth-order valence-electron chi connectivity index (χ4n) is 5.23. The van der Waals surface area contributed by atoms with Crippen LogP contribution >= 0.6 is 0 Å². The molecule has 1 aliphatic carbocycles. The molecule has 0 spiro atoms. The maximum atomic E-state index is 12.5. The molecule has 3 aromatic heterocycles. The van der Waals surface area contributed by atoms with Crippen molar-refractivity contribution in [3.05, 3.63) is 12.4 Å². The fraction of sp³-hybridized carbons (Fsp3) is 0.600. The van der Waals surface area contributed by atoms with Crippen LogP contribution in [0.3, 0.4) is 0 Å². The zero-order valence-electron chi connectivity index (χ0n) is 21.8. The third-order valence-corrected chi connectivity index (χ3v) is 7.49. The van der Waals surface area contributed by atoms with Crippen LogP contribution in [0.2, 0.25) is 0 Å². The molecule has 2 saturated heterocycles. The Hall–Kier alpha value is -3.58. The van der Waals surface area contributed by atoms with Crippen molar-refractivity contribution in [3.8, 4) is 11.4 Å². The summed E-state index contributed by atoms with van der Waals surface area (Å²) in [6.45, 7) is 8.79. The molecule has 38 heavy (non-hydrogen) atoms. The van der Waals surface area contributed by atoms with E-state index in [0.29, 0.717) is 63.2 Å². The van der Waals surface area contributed by atoms with Gasteiger partial charge >= 0.3 is 0 Å². The lowest BCUT2D eigenvalue weighted by molar-refractivity contribution is -0.141. The highest BCUT2D eigenvalue weighted by Crippen LogP contribution is 2.37. The van der Waals surface area contributed by atoms with Crippen molar-refractivity contribution < 1.29 is 14.6 Å². The van der Waals surface area contributed by atoms with Crippen LogP contribution < -0.4 is 15.5 Å². The lowest BCUT2D eigenvalue weighted by Crippen LogP contribution is -2.56. The number of hydrogen-bond donors (Lipinski definition) is 2. The number of carbonyl (C=O) groups excluding carboxylic acids is 1. The quantitative estimate of drug-likeness (QED) is 0.466. The minimum Gasteiger partial charge on any atom is -0.384 e. The summed E-state index contributed by atoms with van der Waals surface area (Å²) in [7, 11) is 0. The second-order valence-electron chi connectivity index (χ2n) is 10.4. The Morgan fingerprint density at radius 2 is 1.84 bits per heavy atom. The Balaban J connectivity index is 1.45. The average molecular weight is 523 g/mol. The zero-order chi connectivity index (χ0) is 26.4. The summed E-state index contributed by atoms with van der Waals surface area (Å²) in [6.07, 6.45) is 4.66. The third kappa shape index (κ3) is 4.71. The second kappa shape index (κ2) is 9.95. The van der Waals surface area contributed by atoms with E-state index >= 15 is 0 Å². The topological polar surface area (TPSA) is 152 Å². The number of morpholine rings is 1. The van der Waals surface area contributed by atoms with Crippen molar-refractivity contribution in [1.82, 2.24) is 34.4 Å². The average Bonchev–Trinajstić information content (AvgIpc) is 3.68. The van der Waals surface area contributed by atoms with Crippen molar-refractivity contribution >= 4 is 34.8 Å². The largest absolute Gasteiger partial charge is 0.384 e. The van der Waals surface area contributed by atoms with E-state index in [1.807, 2.05) is 6.92 Å². The highest BCUT2D eigenvalue weighted by atomic mass is 16.5. The second-order valence-corrected chi connectivity index (χ2v) is 10.4. The van der Waals surface area contributed by atoms with E-state index in [0.717, 1.165) is 29.5 Å². The first-order valence-electron chi connectivity index (χ1n) is 13.3.